The Morgan fingerprint density at radius 1 is 1.20 bits per heavy atom. The molecule has 0 aliphatic carbocycles. The van der Waals surface area contributed by atoms with Crippen molar-refractivity contribution in [2.24, 2.45) is 0 Å². The molecule has 3 aromatic rings. The molecule has 2 aromatic carbocycles. The summed E-state index contributed by atoms with van der Waals surface area (Å²) in [6.07, 6.45) is 9.01. The highest BCUT2D eigenvalue weighted by Gasteiger charge is 2.37. The molecule has 0 radical (unpaired) electrons. The minimum Gasteiger partial charge on any atom is -0.495 e. The molecule has 0 unspecified atom stereocenters. The molecule has 182 valence electrons. The van der Waals surface area contributed by atoms with Gasteiger partial charge in [0.15, 0.2) is 0 Å². The molecule has 0 spiro atoms. The van der Waals surface area contributed by atoms with E-state index in [0.717, 1.165) is 47.3 Å². The number of halogens is 1. The van der Waals surface area contributed by atoms with Gasteiger partial charge in [-0.1, -0.05) is 18.2 Å². The number of aryl methyl sites for hydroxylation is 1. The number of carbonyl (C=O) groups is 1. The molecule has 0 N–H and O–H groups in total. The van der Waals surface area contributed by atoms with E-state index >= 15 is 0 Å². The van der Waals surface area contributed by atoms with Crippen molar-refractivity contribution in [1.29, 1.82) is 0 Å². The molecule has 6 nitrogen and oxygen atoms in total. The van der Waals surface area contributed by atoms with Crippen LogP contribution in [0, 0.1) is 12.7 Å². The van der Waals surface area contributed by atoms with E-state index < -0.39 is 0 Å². The number of methoxy groups -OCH3 is 1. The van der Waals surface area contributed by atoms with Crippen molar-refractivity contribution in [1.82, 2.24) is 14.5 Å². The molecule has 5 rings (SSSR count). The Bertz CT molecular complexity index is 1230. The minimum atomic E-state index is -0.284. The Morgan fingerprint density at radius 2 is 2.03 bits per heavy atom. The van der Waals surface area contributed by atoms with Crippen LogP contribution in [0.1, 0.15) is 48.5 Å². The molecule has 0 saturated carbocycles. The number of carbonyl (C=O) groups excluding carboxylic acids is 1. The van der Waals surface area contributed by atoms with Crippen molar-refractivity contribution in [3.8, 4) is 11.4 Å². The summed E-state index contributed by atoms with van der Waals surface area (Å²) >= 11 is 0. The van der Waals surface area contributed by atoms with E-state index in [2.05, 4.69) is 4.98 Å². The normalized spacial score (nSPS) is 20.4. The molecule has 1 amide bonds. The number of likely N-dealkylation sites (tertiary alicyclic amines) is 1. The quantitative estimate of drug-likeness (QED) is 0.457. The monoisotopic (exact) mass is 475 g/mol. The lowest BCUT2D eigenvalue weighted by Gasteiger charge is -2.38. The maximum atomic E-state index is 13.7. The number of hydrogen-bond donors (Lipinski definition) is 0. The highest BCUT2D eigenvalue weighted by Crippen LogP contribution is 2.36. The third kappa shape index (κ3) is 4.86. The van der Waals surface area contributed by atoms with E-state index in [1.54, 1.807) is 25.6 Å². The maximum absolute atomic E-state index is 13.7. The Balaban J connectivity index is 1.44. The van der Waals surface area contributed by atoms with Crippen LogP contribution in [0.15, 0.2) is 60.6 Å². The smallest absolute Gasteiger partial charge is 0.250 e. The molecule has 3 heterocycles. The summed E-state index contributed by atoms with van der Waals surface area (Å²) in [5, 5.41) is 0. The second kappa shape index (κ2) is 10.0. The fraction of sp³-hybridized carbons (Fsp3) is 0.357. The Hall–Kier alpha value is -3.45. The second-order valence-corrected chi connectivity index (χ2v) is 9.17. The van der Waals surface area contributed by atoms with Crippen LogP contribution in [0.25, 0.3) is 11.8 Å². The van der Waals surface area contributed by atoms with E-state index in [9.17, 15) is 9.18 Å². The highest BCUT2D eigenvalue weighted by atomic mass is 19.1. The van der Waals surface area contributed by atoms with Gasteiger partial charge in [0.1, 0.15) is 11.6 Å². The first kappa shape index (κ1) is 23.3. The number of amides is 1. The van der Waals surface area contributed by atoms with E-state index in [-0.39, 0.29) is 23.9 Å². The molecule has 2 atom stereocenters. The van der Waals surface area contributed by atoms with Crippen LogP contribution in [0.2, 0.25) is 0 Å². The number of benzene rings is 2. The standard InChI is InChI=1S/C28H30FN3O3/c1-19-17-31(18-30-19)24-12-7-20(16-26(24)34-2)15-22-5-3-13-32(28(22)33)27(25-6-4-14-35-25)21-8-10-23(29)11-9-21/h7-12,15-18,25,27H,3-6,13-14H2,1-2H3/b22-15+/t25-,27-/m0/s1. The van der Waals surface area contributed by atoms with Crippen LogP contribution in [-0.4, -0.2) is 46.7 Å². The van der Waals surface area contributed by atoms with E-state index in [4.69, 9.17) is 9.47 Å². The first-order valence-electron chi connectivity index (χ1n) is 12.1. The van der Waals surface area contributed by atoms with Crippen LogP contribution < -0.4 is 4.74 Å². The van der Waals surface area contributed by atoms with Gasteiger partial charge in [0, 0.05) is 24.9 Å². The van der Waals surface area contributed by atoms with E-state index in [1.165, 1.54) is 12.1 Å². The van der Waals surface area contributed by atoms with Crippen LogP contribution in [0.3, 0.4) is 0 Å². The van der Waals surface area contributed by atoms with Crippen molar-refractivity contribution >= 4 is 12.0 Å². The van der Waals surface area contributed by atoms with E-state index in [1.807, 2.05) is 46.9 Å². The van der Waals surface area contributed by atoms with Gasteiger partial charge in [-0.3, -0.25) is 4.79 Å². The van der Waals surface area contributed by atoms with Crippen molar-refractivity contribution in [2.75, 3.05) is 20.3 Å². The number of ether oxygens (including phenoxy) is 2. The Kier molecular flexibility index (Phi) is 6.68. The van der Waals surface area contributed by atoms with Crippen LogP contribution in [0.5, 0.6) is 5.75 Å². The summed E-state index contributed by atoms with van der Waals surface area (Å²) in [4.78, 5) is 19.9. The zero-order valence-corrected chi connectivity index (χ0v) is 20.1. The molecular weight excluding hydrogens is 445 g/mol. The summed E-state index contributed by atoms with van der Waals surface area (Å²) in [5.41, 5.74) is 4.39. The van der Waals surface area contributed by atoms with Gasteiger partial charge in [0.05, 0.1) is 37.0 Å². The molecule has 2 aliphatic rings. The first-order chi connectivity index (χ1) is 17.0. The molecule has 7 heteroatoms. The zero-order valence-electron chi connectivity index (χ0n) is 20.1. The number of aromatic nitrogens is 2. The fourth-order valence-electron chi connectivity index (χ4n) is 5.09. The van der Waals surface area contributed by atoms with Crippen LogP contribution in [0.4, 0.5) is 4.39 Å². The van der Waals surface area contributed by atoms with Gasteiger partial charge in [-0.05, 0) is 74.1 Å². The summed E-state index contributed by atoms with van der Waals surface area (Å²) in [5.74, 6) is 0.434. The maximum Gasteiger partial charge on any atom is 0.250 e. The number of rotatable bonds is 6. The van der Waals surface area contributed by atoms with Gasteiger partial charge in [0.25, 0.3) is 0 Å². The van der Waals surface area contributed by atoms with E-state index in [0.29, 0.717) is 25.3 Å². The molecule has 1 aromatic heterocycles. The summed E-state index contributed by atoms with van der Waals surface area (Å²) < 4.78 is 27.2. The van der Waals surface area contributed by atoms with Crippen LogP contribution >= 0.6 is 0 Å². The molecule has 35 heavy (non-hydrogen) atoms. The summed E-state index contributed by atoms with van der Waals surface area (Å²) in [7, 11) is 1.64. The molecule has 2 saturated heterocycles. The van der Waals surface area contributed by atoms with Gasteiger partial charge in [-0.25, -0.2) is 9.37 Å². The van der Waals surface area contributed by atoms with Gasteiger partial charge >= 0.3 is 0 Å². The topological polar surface area (TPSA) is 56.6 Å². The van der Waals surface area contributed by atoms with Crippen molar-refractivity contribution < 1.29 is 18.7 Å². The largest absolute Gasteiger partial charge is 0.495 e. The van der Waals surface area contributed by atoms with Crippen molar-refractivity contribution in [3.63, 3.8) is 0 Å². The fourth-order valence-corrected chi connectivity index (χ4v) is 5.09. The Morgan fingerprint density at radius 3 is 2.71 bits per heavy atom. The lowest BCUT2D eigenvalue weighted by atomic mass is 9.93. The predicted molar refractivity (Wildman–Crippen MR) is 132 cm³/mol. The third-order valence-electron chi connectivity index (χ3n) is 6.78. The lowest BCUT2D eigenvalue weighted by molar-refractivity contribution is -0.134. The Labute approximate surface area is 205 Å². The lowest BCUT2D eigenvalue weighted by Crippen LogP contribution is -2.44. The molecule has 2 fully saturated rings. The highest BCUT2D eigenvalue weighted by molar-refractivity contribution is 5.99. The predicted octanol–water partition coefficient (Wildman–Crippen LogP) is 5.25. The average molecular weight is 476 g/mol. The summed E-state index contributed by atoms with van der Waals surface area (Å²) in [6.45, 7) is 3.29. The van der Waals surface area contributed by atoms with Gasteiger partial charge in [-0.2, -0.15) is 0 Å². The van der Waals surface area contributed by atoms with Gasteiger partial charge in [-0.15, -0.1) is 0 Å². The van der Waals surface area contributed by atoms with Gasteiger partial charge < -0.3 is 18.9 Å². The third-order valence-corrected chi connectivity index (χ3v) is 6.78. The minimum absolute atomic E-state index is 0.00866. The second-order valence-electron chi connectivity index (χ2n) is 9.17. The molecule has 0 bridgehead atoms. The summed E-state index contributed by atoms with van der Waals surface area (Å²) in [6, 6.07) is 12.1. The molecule has 2 aliphatic heterocycles. The average Bonchev–Trinajstić information content (AvgIpc) is 3.55. The van der Waals surface area contributed by atoms with Crippen molar-refractivity contribution in [2.45, 2.75) is 44.8 Å². The number of hydrogen-bond acceptors (Lipinski definition) is 4. The first-order valence-corrected chi connectivity index (χ1v) is 12.1. The number of nitrogens with zero attached hydrogens (tertiary/aromatic N) is 3. The van der Waals surface area contributed by atoms with Gasteiger partial charge in [0.2, 0.25) is 5.91 Å². The number of piperidine rings is 1. The number of imidazole rings is 1. The van der Waals surface area contributed by atoms with Crippen LogP contribution in [-0.2, 0) is 9.53 Å². The SMILES string of the molecule is COc1cc(/C=C2\CCCN([C@@H](c3ccc(F)cc3)[C@@H]3CCCO3)C2=O)ccc1-n1cnc(C)c1. The molecular formula is C28H30FN3O3. The van der Waals surface area contributed by atoms with Crippen molar-refractivity contribution in [3.05, 3.63) is 83.2 Å². The zero-order chi connectivity index (χ0) is 24.4.